The third-order valence-corrected chi connectivity index (χ3v) is 8.45. The maximum atomic E-state index is 15.2. The van der Waals surface area contributed by atoms with E-state index in [1.807, 2.05) is 5.32 Å². The number of hydrogen-bond donors (Lipinski definition) is 2. The molecule has 2 N–H and O–H groups in total. The number of ether oxygens (including phenoxy) is 2. The minimum Gasteiger partial charge on any atom is -0.493 e. The summed E-state index contributed by atoms with van der Waals surface area (Å²) in [7, 11) is 1.60. The summed E-state index contributed by atoms with van der Waals surface area (Å²) in [5.41, 5.74) is -0.202. The molecule has 252 valence electrons. The molecule has 2 aliphatic heterocycles. The van der Waals surface area contributed by atoms with E-state index < -0.39 is 78.4 Å². The molecule has 2 aromatic carbocycles. The van der Waals surface area contributed by atoms with Crippen molar-refractivity contribution in [3.05, 3.63) is 74.1 Å². The number of hydrogen-bond acceptors (Lipinski definition) is 7. The van der Waals surface area contributed by atoms with E-state index in [1.54, 1.807) is 20.9 Å². The van der Waals surface area contributed by atoms with E-state index in [0.717, 1.165) is 0 Å². The summed E-state index contributed by atoms with van der Waals surface area (Å²) in [5, 5.41) is 11.9. The fourth-order valence-electron chi connectivity index (χ4n) is 5.75. The van der Waals surface area contributed by atoms with Gasteiger partial charge < -0.3 is 29.4 Å². The van der Waals surface area contributed by atoms with Gasteiger partial charge >= 0.3 is 12.1 Å². The molecule has 0 spiro atoms. The molecule has 10 nitrogen and oxygen atoms in total. The third-order valence-electron chi connectivity index (χ3n) is 8.45. The molecule has 1 saturated heterocycles. The fourth-order valence-corrected chi connectivity index (χ4v) is 5.75. The number of aryl methyl sites for hydroxylation is 1. The van der Waals surface area contributed by atoms with Crippen LogP contribution in [0.25, 0.3) is 11.3 Å². The molecule has 16 heteroatoms. The summed E-state index contributed by atoms with van der Waals surface area (Å²) in [4.78, 5) is 43.1. The standard InChI is InChI=1S/C31H30F6N4O6/c1-14-15(2)40(3)29(43)26(38-14)18-7-6-16(17-5-4-9-47-27(17)18)11-20(30(44)45)39-28(42)23-19(32)12-21(24(33)25(23)34)41-8-10-46-13-22(41)31(35,36)37/h6-7,12,20,22H,4-5,8-11,13H2,1-3H3,(H,39,42)(H,44,45)/t20-,22+/m0/s1. The van der Waals surface area contributed by atoms with E-state index in [1.165, 1.54) is 16.7 Å². The zero-order valence-corrected chi connectivity index (χ0v) is 25.4. The third kappa shape index (κ3) is 6.38. The number of alkyl halides is 3. The molecule has 3 aromatic rings. The zero-order chi connectivity index (χ0) is 34.4. The largest absolute Gasteiger partial charge is 0.493 e. The van der Waals surface area contributed by atoms with Gasteiger partial charge in [-0.15, -0.1) is 0 Å². The van der Waals surface area contributed by atoms with Crippen LogP contribution in [0.3, 0.4) is 0 Å². The van der Waals surface area contributed by atoms with Crippen LogP contribution in [-0.2, 0) is 29.4 Å². The topological polar surface area (TPSA) is 123 Å². The van der Waals surface area contributed by atoms with Crippen molar-refractivity contribution in [2.24, 2.45) is 7.05 Å². The van der Waals surface area contributed by atoms with Gasteiger partial charge in [0.1, 0.15) is 34.9 Å². The zero-order valence-electron chi connectivity index (χ0n) is 25.4. The van der Waals surface area contributed by atoms with Gasteiger partial charge in [-0.25, -0.2) is 22.9 Å². The van der Waals surface area contributed by atoms with Crippen LogP contribution in [0.15, 0.2) is 23.0 Å². The maximum absolute atomic E-state index is 15.2. The molecule has 1 fully saturated rings. The van der Waals surface area contributed by atoms with Crippen LogP contribution in [0, 0.1) is 31.3 Å². The highest BCUT2D eigenvalue weighted by Crippen LogP contribution is 2.38. The molecule has 2 aliphatic rings. The highest BCUT2D eigenvalue weighted by atomic mass is 19.4. The average molecular weight is 669 g/mol. The van der Waals surface area contributed by atoms with Crippen molar-refractivity contribution in [2.75, 3.05) is 31.3 Å². The van der Waals surface area contributed by atoms with Crippen LogP contribution in [0.1, 0.15) is 39.3 Å². The van der Waals surface area contributed by atoms with Crippen LogP contribution >= 0.6 is 0 Å². The summed E-state index contributed by atoms with van der Waals surface area (Å²) < 4.78 is 98.1. The Kier molecular flexibility index (Phi) is 9.26. The summed E-state index contributed by atoms with van der Waals surface area (Å²) >= 11 is 0. The lowest BCUT2D eigenvalue weighted by atomic mass is 9.91. The van der Waals surface area contributed by atoms with Crippen molar-refractivity contribution >= 4 is 17.6 Å². The van der Waals surface area contributed by atoms with Gasteiger partial charge in [-0.05, 0) is 43.9 Å². The Morgan fingerprint density at radius 2 is 1.87 bits per heavy atom. The minimum atomic E-state index is -4.92. The molecule has 0 bridgehead atoms. The molecule has 0 radical (unpaired) electrons. The maximum Gasteiger partial charge on any atom is 0.411 e. The predicted molar refractivity (Wildman–Crippen MR) is 155 cm³/mol. The minimum absolute atomic E-state index is 0.124. The second-order valence-electron chi connectivity index (χ2n) is 11.3. The monoisotopic (exact) mass is 668 g/mol. The number of fused-ring (bicyclic) bond motifs is 1. The van der Waals surface area contributed by atoms with Gasteiger partial charge in [0.15, 0.2) is 11.6 Å². The van der Waals surface area contributed by atoms with E-state index in [2.05, 4.69) is 4.98 Å². The van der Waals surface area contributed by atoms with Crippen LogP contribution < -0.4 is 20.5 Å². The second-order valence-corrected chi connectivity index (χ2v) is 11.3. The van der Waals surface area contributed by atoms with Crippen LogP contribution in [-0.4, -0.2) is 71.2 Å². The van der Waals surface area contributed by atoms with Crippen molar-refractivity contribution in [3.63, 3.8) is 0 Å². The van der Waals surface area contributed by atoms with E-state index in [4.69, 9.17) is 9.47 Å². The first-order valence-electron chi connectivity index (χ1n) is 14.6. The Hall–Kier alpha value is -4.60. The smallest absolute Gasteiger partial charge is 0.411 e. The van der Waals surface area contributed by atoms with E-state index in [9.17, 15) is 32.7 Å². The Morgan fingerprint density at radius 1 is 1.15 bits per heavy atom. The van der Waals surface area contributed by atoms with Crippen LogP contribution in [0.5, 0.6) is 5.75 Å². The molecule has 5 rings (SSSR count). The van der Waals surface area contributed by atoms with E-state index in [-0.39, 0.29) is 23.9 Å². The Morgan fingerprint density at radius 3 is 2.55 bits per heavy atom. The van der Waals surface area contributed by atoms with Crippen LogP contribution in [0.4, 0.5) is 32.0 Å². The lowest BCUT2D eigenvalue weighted by molar-refractivity contribution is -0.167. The SMILES string of the molecule is Cc1nc(-c2ccc(C[C@H](NC(=O)c3c(F)cc(N4CCOC[C@@H]4C(F)(F)F)c(F)c3F)C(=O)O)c3c2OCCC3)c(=O)n(C)c1C. The van der Waals surface area contributed by atoms with E-state index >= 15 is 13.2 Å². The number of nitrogens with zero attached hydrogens (tertiary/aromatic N) is 3. The number of aromatic nitrogens is 2. The number of benzene rings is 2. The number of halogens is 6. The number of carboxylic acids is 1. The van der Waals surface area contributed by atoms with Crippen molar-refractivity contribution in [3.8, 4) is 17.0 Å². The number of morpholine rings is 1. The number of amides is 1. The van der Waals surface area contributed by atoms with Gasteiger partial charge in [-0.3, -0.25) is 9.59 Å². The van der Waals surface area contributed by atoms with Gasteiger partial charge in [0.05, 0.1) is 31.2 Å². The molecule has 1 amide bonds. The number of carbonyl (C=O) groups excluding carboxylic acids is 1. The quantitative estimate of drug-likeness (QED) is 0.286. The lowest BCUT2D eigenvalue weighted by Gasteiger charge is -2.38. The normalized spacial score (nSPS) is 17.1. The van der Waals surface area contributed by atoms with Gasteiger partial charge in [-0.1, -0.05) is 6.07 Å². The Balaban J connectivity index is 1.45. The average Bonchev–Trinajstić information content (AvgIpc) is 3.03. The highest BCUT2D eigenvalue weighted by Gasteiger charge is 2.47. The molecular weight excluding hydrogens is 638 g/mol. The summed E-state index contributed by atoms with van der Waals surface area (Å²) in [6.07, 6.45) is -4.35. The molecule has 1 aromatic heterocycles. The lowest BCUT2D eigenvalue weighted by Crippen LogP contribution is -2.54. The molecule has 3 heterocycles. The highest BCUT2D eigenvalue weighted by molar-refractivity contribution is 5.97. The summed E-state index contributed by atoms with van der Waals surface area (Å²) in [6, 6.07) is -0.828. The number of aliphatic carboxylic acids is 1. The van der Waals surface area contributed by atoms with Crippen molar-refractivity contribution < 1.29 is 50.5 Å². The Labute approximate surface area is 263 Å². The first-order chi connectivity index (χ1) is 22.1. The number of nitrogens with one attached hydrogen (secondary N) is 1. The van der Waals surface area contributed by atoms with Gasteiger partial charge in [0.25, 0.3) is 11.5 Å². The van der Waals surface area contributed by atoms with Gasteiger partial charge in [0, 0.05) is 37.3 Å². The molecule has 0 saturated carbocycles. The predicted octanol–water partition coefficient (Wildman–Crippen LogP) is 4.00. The number of carbonyl (C=O) groups is 2. The van der Waals surface area contributed by atoms with E-state index in [0.29, 0.717) is 58.2 Å². The molecule has 2 atom stereocenters. The second kappa shape index (κ2) is 12.9. The van der Waals surface area contributed by atoms with Crippen molar-refractivity contribution in [1.82, 2.24) is 14.9 Å². The first-order valence-corrected chi connectivity index (χ1v) is 14.6. The van der Waals surface area contributed by atoms with Crippen molar-refractivity contribution in [1.29, 1.82) is 0 Å². The van der Waals surface area contributed by atoms with Gasteiger partial charge in [-0.2, -0.15) is 13.2 Å². The molecule has 0 aliphatic carbocycles. The molecular formula is C31H30F6N4O6. The van der Waals surface area contributed by atoms with Crippen molar-refractivity contribution in [2.45, 2.75) is 51.4 Å². The first kappa shape index (κ1) is 33.8. The Bertz CT molecular complexity index is 1810. The number of anilines is 1. The summed E-state index contributed by atoms with van der Waals surface area (Å²) in [5.74, 6) is -8.58. The fraction of sp³-hybridized carbons (Fsp3) is 0.419. The number of carboxylic acid groups (broad SMARTS) is 1. The molecule has 47 heavy (non-hydrogen) atoms. The number of rotatable bonds is 7. The van der Waals surface area contributed by atoms with Crippen LogP contribution in [0.2, 0.25) is 0 Å². The molecule has 0 unspecified atom stereocenters. The van der Waals surface area contributed by atoms with Gasteiger partial charge in [0.2, 0.25) is 0 Å². The summed E-state index contributed by atoms with van der Waals surface area (Å²) in [6.45, 7) is 2.09.